The number of dihydropyridines is 1. The van der Waals surface area contributed by atoms with Crippen molar-refractivity contribution in [2.24, 2.45) is 17.4 Å². The van der Waals surface area contributed by atoms with Crippen molar-refractivity contribution in [1.29, 1.82) is 0 Å². The van der Waals surface area contributed by atoms with Crippen LogP contribution >= 0.6 is 0 Å². The molecule has 1 aliphatic carbocycles. The van der Waals surface area contributed by atoms with Gasteiger partial charge in [-0.05, 0) is 54.0 Å². The molecule has 0 saturated carbocycles. The van der Waals surface area contributed by atoms with Crippen molar-refractivity contribution in [2.75, 3.05) is 0 Å². The molecular weight excluding hydrogens is 354 g/mol. The second-order valence-corrected chi connectivity index (χ2v) is 7.17. The van der Waals surface area contributed by atoms with Gasteiger partial charge in [-0.1, -0.05) is 24.3 Å². The summed E-state index contributed by atoms with van der Waals surface area (Å²) >= 11 is 0. The summed E-state index contributed by atoms with van der Waals surface area (Å²) in [5, 5.41) is 3.03. The van der Waals surface area contributed by atoms with E-state index >= 15 is 0 Å². The fraction of sp³-hybridized carbons (Fsp3) is 0.238. The Kier molecular flexibility index (Phi) is 4.43. The molecule has 2 aliphatic rings. The minimum absolute atomic E-state index is 0.123. The molecule has 2 atom stereocenters. The van der Waals surface area contributed by atoms with Crippen LogP contribution in [0.2, 0.25) is 0 Å². The lowest BCUT2D eigenvalue weighted by Crippen LogP contribution is -2.61. The molecule has 142 valence electrons. The molecule has 0 spiro atoms. The topological polar surface area (TPSA) is 124 Å². The maximum Gasteiger partial charge on any atom is 0.264 e. The molecule has 0 fully saturated rings. The van der Waals surface area contributed by atoms with E-state index in [1.165, 1.54) is 11.9 Å². The lowest BCUT2D eigenvalue weighted by Gasteiger charge is -2.41. The average molecular weight is 375 g/mol. The van der Waals surface area contributed by atoms with E-state index < -0.39 is 17.4 Å². The van der Waals surface area contributed by atoms with Gasteiger partial charge in [-0.3, -0.25) is 9.59 Å². The first-order valence-electron chi connectivity index (χ1n) is 9.15. The van der Waals surface area contributed by atoms with E-state index in [1.54, 1.807) is 30.6 Å². The van der Waals surface area contributed by atoms with Crippen molar-refractivity contribution in [3.63, 3.8) is 0 Å². The smallest absolute Gasteiger partial charge is 0.264 e. The summed E-state index contributed by atoms with van der Waals surface area (Å²) in [6, 6.07) is 6.17. The van der Waals surface area contributed by atoms with Gasteiger partial charge >= 0.3 is 0 Å². The highest BCUT2D eigenvalue weighted by atomic mass is 16.2. The van der Waals surface area contributed by atoms with Crippen molar-refractivity contribution < 1.29 is 9.59 Å². The highest BCUT2D eigenvalue weighted by Gasteiger charge is 2.45. The Labute approximate surface area is 162 Å². The minimum atomic E-state index is -1.16. The number of nitrogens with one attached hydrogen (secondary N) is 1. The van der Waals surface area contributed by atoms with E-state index in [4.69, 9.17) is 11.5 Å². The van der Waals surface area contributed by atoms with Crippen LogP contribution in [0.5, 0.6) is 0 Å². The molecule has 7 nitrogen and oxygen atoms in total. The number of amides is 2. The number of carbonyl (C=O) groups is 2. The second kappa shape index (κ2) is 6.92. The van der Waals surface area contributed by atoms with Gasteiger partial charge in [-0.2, -0.15) is 0 Å². The van der Waals surface area contributed by atoms with Crippen LogP contribution in [0.4, 0.5) is 0 Å². The minimum Gasteiger partial charge on any atom is -0.367 e. The zero-order valence-corrected chi connectivity index (χ0v) is 15.3. The van der Waals surface area contributed by atoms with Crippen molar-refractivity contribution in [2.45, 2.75) is 24.8 Å². The first-order chi connectivity index (χ1) is 13.5. The molecule has 0 radical (unpaired) electrons. The molecule has 2 heterocycles. The van der Waals surface area contributed by atoms with Gasteiger partial charge in [0.25, 0.3) is 5.91 Å². The maximum atomic E-state index is 12.5. The fourth-order valence-electron chi connectivity index (χ4n) is 4.21. The van der Waals surface area contributed by atoms with Crippen LogP contribution < -0.4 is 16.8 Å². The number of primary amides is 2. The van der Waals surface area contributed by atoms with Crippen LogP contribution in [0.3, 0.4) is 0 Å². The Hall–Kier alpha value is -3.48. The number of carbonyl (C=O) groups excluding carboxylic acids is 2. The highest BCUT2D eigenvalue weighted by molar-refractivity contribution is 5.96. The number of aryl methyl sites for hydroxylation is 1. The number of benzene rings is 1. The summed E-state index contributed by atoms with van der Waals surface area (Å²) in [7, 11) is 0. The van der Waals surface area contributed by atoms with E-state index in [2.05, 4.69) is 21.4 Å². The summed E-state index contributed by atoms with van der Waals surface area (Å²) in [5.74, 6) is -1.26. The van der Waals surface area contributed by atoms with E-state index in [-0.39, 0.29) is 11.6 Å². The van der Waals surface area contributed by atoms with Gasteiger partial charge in [-0.25, -0.2) is 9.97 Å². The Morgan fingerprint density at radius 1 is 1.18 bits per heavy atom. The molecule has 1 aliphatic heterocycles. The number of fused-ring (bicyclic) bond motifs is 1. The van der Waals surface area contributed by atoms with Gasteiger partial charge < -0.3 is 16.8 Å². The van der Waals surface area contributed by atoms with Crippen LogP contribution in [0.1, 0.15) is 17.5 Å². The summed E-state index contributed by atoms with van der Waals surface area (Å²) < 4.78 is 0. The maximum absolute atomic E-state index is 12.5. The van der Waals surface area contributed by atoms with E-state index in [1.807, 2.05) is 12.1 Å². The zero-order chi connectivity index (χ0) is 19.7. The third kappa shape index (κ3) is 2.94. The molecule has 2 aromatic rings. The molecule has 7 heteroatoms. The lowest BCUT2D eigenvalue weighted by molar-refractivity contribution is -0.124. The van der Waals surface area contributed by atoms with Crippen LogP contribution in [0, 0.1) is 5.92 Å². The molecule has 0 saturated heterocycles. The Morgan fingerprint density at radius 3 is 2.68 bits per heavy atom. The average Bonchev–Trinajstić information content (AvgIpc) is 2.73. The van der Waals surface area contributed by atoms with Gasteiger partial charge in [-0.15, -0.1) is 0 Å². The molecule has 1 aromatic heterocycles. The summed E-state index contributed by atoms with van der Waals surface area (Å²) in [6.45, 7) is 0. The highest BCUT2D eigenvalue weighted by Crippen LogP contribution is 2.39. The Bertz CT molecular complexity index is 999. The first-order valence-corrected chi connectivity index (χ1v) is 9.15. The van der Waals surface area contributed by atoms with Crippen molar-refractivity contribution in [3.05, 3.63) is 72.0 Å². The predicted molar refractivity (Wildman–Crippen MR) is 104 cm³/mol. The largest absolute Gasteiger partial charge is 0.367 e. The van der Waals surface area contributed by atoms with Gasteiger partial charge in [0.2, 0.25) is 5.91 Å². The Balaban J connectivity index is 1.74. The quantitative estimate of drug-likeness (QED) is 0.735. The number of nitrogens with two attached hydrogens (primary N) is 2. The van der Waals surface area contributed by atoms with Crippen LogP contribution in [0.15, 0.2) is 60.8 Å². The molecule has 2 amide bonds. The van der Waals surface area contributed by atoms with Gasteiger partial charge in [0, 0.05) is 18.0 Å². The van der Waals surface area contributed by atoms with Crippen molar-refractivity contribution in [1.82, 2.24) is 15.3 Å². The molecule has 5 N–H and O–H groups in total. The number of hydrogen-bond donors (Lipinski definition) is 3. The third-order valence-corrected chi connectivity index (χ3v) is 5.64. The number of nitrogens with zero attached hydrogens (tertiary/aromatic N) is 2. The monoisotopic (exact) mass is 375 g/mol. The molecule has 2 unspecified atom stereocenters. The third-order valence-electron chi connectivity index (χ3n) is 5.64. The lowest BCUT2D eigenvalue weighted by atomic mass is 9.70. The van der Waals surface area contributed by atoms with E-state index in [0.717, 1.165) is 29.5 Å². The number of allylic oxidation sites excluding steroid dienone is 2. The fourth-order valence-corrected chi connectivity index (χ4v) is 4.21. The molecule has 1 aromatic carbocycles. The molecule has 4 rings (SSSR count). The van der Waals surface area contributed by atoms with Gasteiger partial charge in [0.05, 0.1) is 0 Å². The number of rotatable bonds is 4. The van der Waals surface area contributed by atoms with Crippen LogP contribution in [0.25, 0.3) is 11.1 Å². The van der Waals surface area contributed by atoms with Crippen molar-refractivity contribution >= 4 is 11.8 Å². The van der Waals surface area contributed by atoms with Crippen LogP contribution in [-0.4, -0.2) is 27.3 Å². The molecule has 0 bridgehead atoms. The SMILES string of the molecule is NC(=O)C1=CC=CC(C(N)=O)(C2CCc3cccc(-c4cncnc4)c3C2)N1. The molecular formula is C21H21N5O2. The summed E-state index contributed by atoms with van der Waals surface area (Å²) in [6.07, 6.45) is 12.2. The predicted octanol–water partition coefficient (Wildman–Crippen LogP) is 1.00. The first kappa shape index (κ1) is 17.9. The summed E-state index contributed by atoms with van der Waals surface area (Å²) in [5.41, 5.74) is 14.6. The van der Waals surface area contributed by atoms with E-state index in [0.29, 0.717) is 6.42 Å². The standard InChI is InChI=1S/C21H21N5O2/c22-19(27)18-5-2-8-21(26-18,20(23)28)15-7-6-13-3-1-4-16(17(13)9-15)14-10-24-12-25-11-14/h1-5,8,10-12,15,26H,6-7,9H2,(H2,22,27)(H2,23,28). The Morgan fingerprint density at radius 2 is 1.96 bits per heavy atom. The summed E-state index contributed by atoms with van der Waals surface area (Å²) in [4.78, 5) is 32.4. The molecule has 28 heavy (non-hydrogen) atoms. The van der Waals surface area contributed by atoms with Crippen LogP contribution in [-0.2, 0) is 22.4 Å². The second-order valence-electron chi connectivity index (χ2n) is 7.17. The number of aromatic nitrogens is 2. The normalized spacial score (nSPS) is 23.3. The zero-order valence-electron chi connectivity index (χ0n) is 15.3. The van der Waals surface area contributed by atoms with E-state index in [9.17, 15) is 9.59 Å². The van der Waals surface area contributed by atoms with Gasteiger partial charge in [0.1, 0.15) is 17.6 Å². The van der Waals surface area contributed by atoms with Gasteiger partial charge in [0.15, 0.2) is 0 Å². The van der Waals surface area contributed by atoms with Crippen molar-refractivity contribution in [3.8, 4) is 11.1 Å². The number of hydrogen-bond acceptors (Lipinski definition) is 5.